The summed E-state index contributed by atoms with van der Waals surface area (Å²) in [6.07, 6.45) is 11.6. The van der Waals surface area contributed by atoms with Gasteiger partial charge < -0.3 is 24.6 Å². The Morgan fingerprint density at radius 3 is 2.50 bits per heavy atom. The fourth-order valence-electron chi connectivity index (χ4n) is 5.81. The molecule has 42 heavy (non-hydrogen) atoms. The van der Waals surface area contributed by atoms with E-state index in [1.807, 2.05) is 50.2 Å². The van der Waals surface area contributed by atoms with Gasteiger partial charge in [0.25, 0.3) is 0 Å². The van der Waals surface area contributed by atoms with Crippen LogP contribution in [0.15, 0.2) is 47.4 Å². The Kier molecular flexibility index (Phi) is 12.7. The van der Waals surface area contributed by atoms with Gasteiger partial charge in [0, 0.05) is 39.2 Å². The van der Waals surface area contributed by atoms with Gasteiger partial charge in [-0.2, -0.15) is 0 Å². The molecule has 0 unspecified atom stereocenters. The zero-order valence-corrected chi connectivity index (χ0v) is 26.4. The zero-order valence-electron chi connectivity index (χ0n) is 25.6. The molecule has 2 aliphatic rings. The van der Waals surface area contributed by atoms with Crippen molar-refractivity contribution in [2.24, 2.45) is 0 Å². The average molecular weight is 602 g/mol. The van der Waals surface area contributed by atoms with Crippen LogP contribution in [0.2, 0.25) is 0 Å². The molecule has 2 aromatic rings. The standard InChI is InChI=1S/C34H51NO6S/c1-34(2)40-26-29-24-28(18-19-33(29)41-34)32(36)25-35-20-9-3-4-10-21-39-22-11-5-6-13-27-14-12-17-31(23-27)42(37,38)30-15-7-8-16-30/h12,14,17-19,23-24,30,32,35-36H,3-11,13,15-16,20-22,25-26H2,1-2H3/t32-/m0/s1. The van der Waals surface area contributed by atoms with Crippen LogP contribution in [0.5, 0.6) is 5.75 Å². The molecule has 2 aromatic carbocycles. The van der Waals surface area contributed by atoms with Crippen LogP contribution in [0.1, 0.15) is 107 Å². The smallest absolute Gasteiger partial charge is 0.205 e. The number of unbranched alkanes of at least 4 members (excludes halogenated alkanes) is 5. The van der Waals surface area contributed by atoms with E-state index < -0.39 is 21.7 Å². The van der Waals surface area contributed by atoms with Crippen molar-refractivity contribution in [3.05, 3.63) is 59.2 Å². The molecule has 2 N–H and O–H groups in total. The largest absolute Gasteiger partial charge is 0.463 e. The van der Waals surface area contributed by atoms with Gasteiger partial charge >= 0.3 is 0 Å². The zero-order chi connectivity index (χ0) is 29.8. The van der Waals surface area contributed by atoms with Crippen molar-refractivity contribution in [1.29, 1.82) is 0 Å². The number of hydrogen-bond acceptors (Lipinski definition) is 7. The Morgan fingerprint density at radius 2 is 1.71 bits per heavy atom. The lowest BCUT2D eigenvalue weighted by Gasteiger charge is -2.33. The quantitative estimate of drug-likeness (QED) is 0.185. The third kappa shape index (κ3) is 10.1. The first kappa shape index (κ1) is 32.9. The fraction of sp³-hybridized carbons (Fsp3) is 0.647. The number of rotatable bonds is 18. The molecule has 1 atom stereocenters. The minimum atomic E-state index is -3.18. The molecule has 7 nitrogen and oxygen atoms in total. The molecule has 0 radical (unpaired) electrons. The molecule has 0 spiro atoms. The van der Waals surface area contributed by atoms with Crippen LogP contribution < -0.4 is 10.1 Å². The first-order valence-electron chi connectivity index (χ1n) is 16.0. The summed E-state index contributed by atoms with van der Waals surface area (Å²) in [7, 11) is -3.18. The van der Waals surface area contributed by atoms with Crippen molar-refractivity contribution in [1.82, 2.24) is 5.32 Å². The van der Waals surface area contributed by atoms with Crippen molar-refractivity contribution < 1.29 is 27.7 Å². The lowest BCUT2D eigenvalue weighted by molar-refractivity contribution is -0.180. The average Bonchev–Trinajstić information content (AvgIpc) is 3.53. The summed E-state index contributed by atoms with van der Waals surface area (Å²) in [5, 5.41) is 13.7. The molecule has 1 fully saturated rings. The van der Waals surface area contributed by atoms with Crippen LogP contribution in [-0.2, 0) is 32.3 Å². The highest BCUT2D eigenvalue weighted by atomic mass is 32.2. The normalized spacial score (nSPS) is 17.6. The maximum absolute atomic E-state index is 12.9. The van der Waals surface area contributed by atoms with Gasteiger partial charge in [-0.1, -0.05) is 50.3 Å². The minimum absolute atomic E-state index is 0.188. The maximum Gasteiger partial charge on any atom is 0.205 e. The lowest BCUT2D eigenvalue weighted by atomic mass is 10.0. The van der Waals surface area contributed by atoms with Gasteiger partial charge in [-0.25, -0.2) is 8.42 Å². The van der Waals surface area contributed by atoms with Gasteiger partial charge in [-0.15, -0.1) is 0 Å². The van der Waals surface area contributed by atoms with Crippen molar-refractivity contribution in [3.63, 3.8) is 0 Å². The van der Waals surface area contributed by atoms with Crippen LogP contribution in [0.4, 0.5) is 0 Å². The minimum Gasteiger partial charge on any atom is -0.463 e. The van der Waals surface area contributed by atoms with Crippen molar-refractivity contribution in [2.75, 3.05) is 26.3 Å². The van der Waals surface area contributed by atoms with E-state index in [1.54, 1.807) is 6.07 Å². The van der Waals surface area contributed by atoms with Crippen LogP contribution in [0, 0.1) is 0 Å². The number of ether oxygens (including phenoxy) is 3. The summed E-state index contributed by atoms with van der Waals surface area (Å²) in [4.78, 5) is 0.505. The van der Waals surface area contributed by atoms with Crippen LogP contribution in [-0.4, -0.2) is 50.9 Å². The Balaban J connectivity index is 0.968. The number of hydrogen-bond donors (Lipinski definition) is 2. The van der Waals surface area contributed by atoms with E-state index in [0.29, 0.717) is 18.0 Å². The highest BCUT2D eigenvalue weighted by Gasteiger charge is 2.30. The fourth-order valence-corrected chi connectivity index (χ4v) is 7.73. The Bertz CT molecular complexity index is 1210. The van der Waals surface area contributed by atoms with Crippen LogP contribution >= 0.6 is 0 Å². The summed E-state index contributed by atoms with van der Waals surface area (Å²) in [5.74, 6) is 0.214. The molecule has 1 heterocycles. The van der Waals surface area contributed by atoms with Gasteiger partial charge in [0.05, 0.1) is 22.9 Å². The van der Waals surface area contributed by atoms with Gasteiger partial charge in [-0.3, -0.25) is 0 Å². The number of nitrogens with one attached hydrogen (secondary N) is 1. The number of sulfone groups is 1. The monoisotopic (exact) mass is 601 g/mol. The topological polar surface area (TPSA) is 94.1 Å². The Hall–Kier alpha value is -1.97. The molecular weight excluding hydrogens is 550 g/mol. The number of benzene rings is 2. The second-order valence-electron chi connectivity index (χ2n) is 12.3. The lowest BCUT2D eigenvalue weighted by Crippen LogP contribution is -2.35. The van der Waals surface area contributed by atoms with Crippen molar-refractivity contribution in [3.8, 4) is 5.75 Å². The third-order valence-corrected chi connectivity index (χ3v) is 10.6. The van der Waals surface area contributed by atoms with Crippen molar-refractivity contribution >= 4 is 9.84 Å². The highest BCUT2D eigenvalue weighted by molar-refractivity contribution is 7.92. The summed E-state index contributed by atoms with van der Waals surface area (Å²) in [5.41, 5.74) is 2.97. The van der Waals surface area contributed by atoms with Gasteiger partial charge in [0.2, 0.25) is 5.79 Å². The van der Waals surface area contributed by atoms with E-state index in [1.165, 1.54) is 0 Å². The van der Waals surface area contributed by atoms with Crippen LogP contribution in [0.3, 0.4) is 0 Å². The van der Waals surface area contributed by atoms with Gasteiger partial charge in [0.15, 0.2) is 9.84 Å². The number of fused-ring (bicyclic) bond motifs is 1. The van der Waals surface area contributed by atoms with Crippen molar-refractivity contribution in [2.45, 2.75) is 120 Å². The first-order chi connectivity index (χ1) is 20.2. The number of aliphatic hydroxyl groups excluding tert-OH is 1. The number of aryl methyl sites for hydroxylation is 1. The summed E-state index contributed by atoms with van der Waals surface area (Å²) < 4.78 is 43.1. The van der Waals surface area contributed by atoms with Gasteiger partial charge in [-0.05, 0) is 86.9 Å². The molecule has 1 aliphatic heterocycles. The van der Waals surface area contributed by atoms with E-state index >= 15 is 0 Å². The summed E-state index contributed by atoms with van der Waals surface area (Å²) in [6.45, 7) is 7.29. The first-order valence-corrected chi connectivity index (χ1v) is 17.5. The molecule has 0 saturated heterocycles. The predicted octanol–water partition coefficient (Wildman–Crippen LogP) is 6.66. The molecule has 1 saturated carbocycles. The second kappa shape index (κ2) is 16.2. The predicted molar refractivity (Wildman–Crippen MR) is 166 cm³/mol. The van der Waals surface area contributed by atoms with E-state index in [9.17, 15) is 13.5 Å². The van der Waals surface area contributed by atoms with Crippen LogP contribution in [0.25, 0.3) is 0 Å². The molecule has 0 amide bonds. The maximum atomic E-state index is 12.9. The molecule has 1 aliphatic carbocycles. The molecule has 234 valence electrons. The van der Waals surface area contributed by atoms with E-state index in [0.717, 1.165) is 119 Å². The third-order valence-electron chi connectivity index (χ3n) is 8.35. The molecule has 8 heteroatoms. The molecule has 0 aromatic heterocycles. The molecule has 0 bridgehead atoms. The Morgan fingerprint density at radius 1 is 0.976 bits per heavy atom. The molecule has 4 rings (SSSR count). The highest BCUT2D eigenvalue weighted by Crippen LogP contribution is 2.33. The second-order valence-corrected chi connectivity index (χ2v) is 14.5. The van der Waals surface area contributed by atoms with Gasteiger partial charge in [0.1, 0.15) is 5.75 Å². The molecular formula is C34H51NO6S. The van der Waals surface area contributed by atoms with E-state index in [-0.39, 0.29) is 5.25 Å². The SMILES string of the molecule is CC1(C)OCc2cc([C@@H](O)CNCCCCCCOCCCCCc3cccc(S(=O)(=O)C4CCCC4)c3)ccc2O1. The van der Waals surface area contributed by atoms with E-state index in [4.69, 9.17) is 14.2 Å². The Labute approximate surface area is 253 Å². The summed E-state index contributed by atoms with van der Waals surface area (Å²) in [6, 6.07) is 13.4. The summed E-state index contributed by atoms with van der Waals surface area (Å²) >= 11 is 0. The van der Waals surface area contributed by atoms with E-state index in [2.05, 4.69) is 5.32 Å². The number of aliphatic hydroxyl groups is 1.